The molecule has 0 aliphatic heterocycles. The number of benzene rings is 1. The highest BCUT2D eigenvalue weighted by molar-refractivity contribution is 6.33. The number of pyridine rings is 1. The Morgan fingerprint density at radius 1 is 1.18 bits per heavy atom. The average Bonchev–Trinajstić information content (AvgIpc) is 2.72. The number of nitrogens with zero attached hydrogens (tertiary/aromatic N) is 2. The van der Waals surface area contributed by atoms with Crippen LogP contribution in [-0.2, 0) is 0 Å². The van der Waals surface area contributed by atoms with Crippen molar-refractivity contribution in [3.05, 3.63) is 53.8 Å². The first-order valence-corrected chi connectivity index (χ1v) is 5.61. The van der Waals surface area contributed by atoms with Gasteiger partial charge in [-0.3, -0.25) is 0 Å². The van der Waals surface area contributed by atoms with E-state index in [9.17, 15) is 0 Å². The summed E-state index contributed by atoms with van der Waals surface area (Å²) < 4.78 is 1.93. The zero-order valence-electron chi connectivity index (χ0n) is 8.97. The van der Waals surface area contributed by atoms with Crippen molar-refractivity contribution >= 4 is 22.9 Å². The van der Waals surface area contributed by atoms with Gasteiger partial charge in [-0.15, -0.1) is 0 Å². The fourth-order valence-electron chi connectivity index (χ4n) is 1.80. The van der Waals surface area contributed by atoms with Crippen molar-refractivity contribution in [1.82, 2.24) is 9.38 Å². The van der Waals surface area contributed by atoms with E-state index in [1.54, 1.807) is 0 Å². The number of imidazole rings is 1. The van der Waals surface area contributed by atoms with Crippen LogP contribution < -0.4 is 5.73 Å². The maximum atomic E-state index is 6.14. The molecule has 0 aliphatic carbocycles. The summed E-state index contributed by atoms with van der Waals surface area (Å²) in [6.07, 6.45) is 3.83. The van der Waals surface area contributed by atoms with E-state index in [1.807, 2.05) is 53.2 Å². The van der Waals surface area contributed by atoms with Crippen molar-refractivity contribution in [2.75, 3.05) is 5.73 Å². The summed E-state index contributed by atoms with van der Waals surface area (Å²) in [5.41, 5.74) is 9.02. The van der Waals surface area contributed by atoms with Crippen LogP contribution in [0.3, 0.4) is 0 Å². The molecule has 3 rings (SSSR count). The SMILES string of the molecule is Nc1ccn2cc(-c3ccccc3Cl)nc2c1. The molecule has 0 amide bonds. The first-order valence-electron chi connectivity index (χ1n) is 5.23. The van der Waals surface area contributed by atoms with Gasteiger partial charge in [0.2, 0.25) is 0 Å². The monoisotopic (exact) mass is 243 g/mol. The largest absolute Gasteiger partial charge is 0.399 e. The van der Waals surface area contributed by atoms with Gasteiger partial charge in [0, 0.05) is 29.7 Å². The molecular formula is C13H10ClN3. The summed E-state index contributed by atoms with van der Waals surface area (Å²) in [6, 6.07) is 11.3. The molecule has 0 fully saturated rings. The van der Waals surface area contributed by atoms with Crippen molar-refractivity contribution in [2.24, 2.45) is 0 Å². The molecule has 2 aromatic heterocycles. The van der Waals surface area contributed by atoms with Gasteiger partial charge in [0.05, 0.1) is 10.7 Å². The third kappa shape index (κ3) is 1.74. The van der Waals surface area contributed by atoms with Gasteiger partial charge in [-0.25, -0.2) is 4.98 Å². The number of halogens is 1. The van der Waals surface area contributed by atoms with Crippen LogP contribution in [0.1, 0.15) is 0 Å². The second kappa shape index (κ2) is 3.79. The summed E-state index contributed by atoms with van der Waals surface area (Å²) in [4.78, 5) is 4.50. The molecule has 0 atom stereocenters. The van der Waals surface area contributed by atoms with E-state index in [0.717, 1.165) is 16.9 Å². The number of hydrogen-bond donors (Lipinski definition) is 1. The minimum atomic E-state index is 0.698. The first kappa shape index (κ1) is 10.2. The molecule has 84 valence electrons. The zero-order valence-corrected chi connectivity index (χ0v) is 9.72. The number of rotatable bonds is 1. The van der Waals surface area contributed by atoms with E-state index in [1.165, 1.54) is 0 Å². The smallest absolute Gasteiger partial charge is 0.139 e. The van der Waals surface area contributed by atoms with Gasteiger partial charge in [-0.05, 0) is 12.1 Å². The van der Waals surface area contributed by atoms with Crippen LogP contribution in [0.5, 0.6) is 0 Å². The Kier molecular flexibility index (Phi) is 2.27. The minimum absolute atomic E-state index is 0.698. The highest BCUT2D eigenvalue weighted by Crippen LogP contribution is 2.27. The molecule has 0 unspecified atom stereocenters. The van der Waals surface area contributed by atoms with Crippen LogP contribution >= 0.6 is 11.6 Å². The molecule has 3 nitrogen and oxygen atoms in total. The summed E-state index contributed by atoms with van der Waals surface area (Å²) in [7, 11) is 0. The minimum Gasteiger partial charge on any atom is -0.399 e. The Morgan fingerprint density at radius 3 is 2.82 bits per heavy atom. The van der Waals surface area contributed by atoms with Gasteiger partial charge in [0.15, 0.2) is 0 Å². The fraction of sp³-hybridized carbons (Fsp3) is 0. The maximum Gasteiger partial charge on any atom is 0.139 e. The second-order valence-corrected chi connectivity index (χ2v) is 4.24. The molecule has 3 aromatic rings. The Hall–Kier alpha value is -2.00. The van der Waals surface area contributed by atoms with Crippen LogP contribution in [0.15, 0.2) is 48.8 Å². The van der Waals surface area contributed by atoms with E-state index >= 15 is 0 Å². The second-order valence-electron chi connectivity index (χ2n) is 3.83. The van der Waals surface area contributed by atoms with E-state index in [4.69, 9.17) is 17.3 Å². The number of fused-ring (bicyclic) bond motifs is 1. The van der Waals surface area contributed by atoms with Gasteiger partial charge < -0.3 is 10.1 Å². The Labute approximate surface area is 103 Å². The number of hydrogen-bond acceptors (Lipinski definition) is 2. The lowest BCUT2D eigenvalue weighted by molar-refractivity contribution is 1.19. The van der Waals surface area contributed by atoms with Crippen LogP contribution in [0.25, 0.3) is 16.9 Å². The van der Waals surface area contributed by atoms with Crippen molar-refractivity contribution in [3.63, 3.8) is 0 Å². The number of nitrogen functional groups attached to an aromatic ring is 1. The fourth-order valence-corrected chi connectivity index (χ4v) is 2.03. The van der Waals surface area contributed by atoms with Gasteiger partial charge in [0.1, 0.15) is 5.65 Å². The summed E-state index contributed by atoms with van der Waals surface area (Å²) in [5, 5.41) is 0.698. The quantitative estimate of drug-likeness (QED) is 0.713. The van der Waals surface area contributed by atoms with Crippen molar-refractivity contribution in [2.45, 2.75) is 0 Å². The summed E-state index contributed by atoms with van der Waals surface area (Å²) in [5.74, 6) is 0. The highest BCUT2D eigenvalue weighted by atomic mass is 35.5. The Morgan fingerprint density at radius 2 is 2.00 bits per heavy atom. The summed E-state index contributed by atoms with van der Waals surface area (Å²) in [6.45, 7) is 0. The predicted octanol–water partition coefficient (Wildman–Crippen LogP) is 3.24. The molecule has 1 aromatic carbocycles. The molecule has 0 bridgehead atoms. The van der Waals surface area contributed by atoms with E-state index in [-0.39, 0.29) is 0 Å². The van der Waals surface area contributed by atoms with Gasteiger partial charge >= 0.3 is 0 Å². The number of nitrogens with two attached hydrogens (primary N) is 1. The number of anilines is 1. The third-order valence-electron chi connectivity index (χ3n) is 2.63. The van der Waals surface area contributed by atoms with E-state index < -0.39 is 0 Å². The standard InChI is InChI=1S/C13H10ClN3/c14-11-4-2-1-3-10(11)12-8-17-6-5-9(15)7-13(17)16-12/h1-8H,15H2. The van der Waals surface area contributed by atoms with Crippen LogP contribution in [0.2, 0.25) is 5.02 Å². The third-order valence-corrected chi connectivity index (χ3v) is 2.96. The molecule has 0 spiro atoms. The van der Waals surface area contributed by atoms with Crippen molar-refractivity contribution in [3.8, 4) is 11.3 Å². The number of aromatic nitrogens is 2. The maximum absolute atomic E-state index is 6.14. The first-order chi connectivity index (χ1) is 8.24. The lowest BCUT2D eigenvalue weighted by Crippen LogP contribution is -1.87. The van der Waals surface area contributed by atoms with Crippen LogP contribution in [0.4, 0.5) is 5.69 Å². The predicted molar refractivity (Wildman–Crippen MR) is 70.1 cm³/mol. The Balaban J connectivity index is 2.22. The van der Waals surface area contributed by atoms with Gasteiger partial charge in [-0.1, -0.05) is 29.8 Å². The normalized spacial score (nSPS) is 10.9. The topological polar surface area (TPSA) is 43.3 Å². The molecule has 2 heterocycles. The van der Waals surface area contributed by atoms with Crippen molar-refractivity contribution in [1.29, 1.82) is 0 Å². The van der Waals surface area contributed by atoms with Crippen molar-refractivity contribution < 1.29 is 0 Å². The van der Waals surface area contributed by atoms with E-state index in [2.05, 4.69) is 4.98 Å². The molecule has 0 saturated carbocycles. The van der Waals surface area contributed by atoms with E-state index in [0.29, 0.717) is 10.7 Å². The molecule has 4 heteroatoms. The van der Waals surface area contributed by atoms with Crippen LogP contribution in [-0.4, -0.2) is 9.38 Å². The lowest BCUT2D eigenvalue weighted by Gasteiger charge is -1.97. The molecule has 17 heavy (non-hydrogen) atoms. The lowest BCUT2D eigenvalue weighted by atomic mass is 10.2. The molecule has 0 saturated heterocycles. The van der Waals surface area contributed by atoms with Gasteiger partial charge in [-0.2, -0.15) is 0 Å². The molecule has 2 N–H and O–H groups in total. The molecule has 0 radical (unpaired) electrons. The van der Waals surface area contributed by atoms with Crippen LogP contribution in [0, 0.1) is 0 Å². The van der Waals surface area contributed by atoms with Gasteiger partial charge in [0.25, 0.3) is 0 Å². The average molecular weight is 244 g/mol. The zero-order chi connectivity index (χ0) is 11.8. The summed E-state index contributed by atoms with van der Waals surface area (Å²) >= 11 is 6.14. The molecular weight excluding hydrogens is 234 g/mol. The Bertz CT molecular complexity index is 688. The molecule has 0 aliphatic rings. The highest BCUT2D eigenvalue weighted by Gasteiger charge is 2.07.